The standard InChI is InChI=1S/C11H16O4/c1-5-6-4-7(12)11(2)8(6)10(13-3)14-9(5)15-11/h6-10,12H,1,4H2,2-3H3/t6-,7+,8-,9+,10-,11-/m1/s1. The van der Waals surface area contributed by atoms with Crippen LogP contribution >= 0.6 is 0 Å². The Kier molecular flexibility index (Phi) is 1.84. The summed E-state index contributed by atoms with van der Waals surface area (Å²) in [5, 5.41) is 10.0. The van der Waals surface area contributed by atoms with Crippen molar-refractivity contribution in [1.82, 2.24) is 0 Å². The molecule has 4 bridgehead atoms. The molecule has 4 fully saturated rings. The summed E-state index contributed by atoms with van der Waals surface area (Å²) in [6.07, 6.45) is -0.427. The van der Waals surface area contributed by atoms with Crippen molar-refractivity contribution in [3.05, 3.63) is 12.2 Å². The Hall–Kier alpha value is -0.420. The Morgan fingerprint density at radius 3 is 3.00 bits per heavy atom. The van der Waals surface area contributed by atoms with E-state index in [1.54, 1.807) is 7.11 Å². The van der Waals surface area contributed by atoms with Gasteiger partial charge in [-0.15, -0.1) is 0 Å². The van der Waals surface area contributed by atoms with E-state index in [1.807, 2.05) is 6.92 Å². The smallest absolute Gasteiger partial charge is 0.183 e. The van der Waals surface area contributed by atoms with Crippen molar-refractivity contribution >= 4 is 0 Å². The molecule has 0 radical (unpaired) electrons. The summed E-state index contributed by atoms with van der Waals surface area (Å²) in [6.45, 7) is 5.93. The second-order valence-electron chi connectivity index (χ2n) is 4.83. The van der Waals surface area contributed by atoms with Crippen LogP contribution in [-0.4, -0.2) is 36.5 Å². The number of rotatable bonds is 1. The summed E-state index contributed by atoms with van der Waals surface area (Å²) in [4.78, 5) is 0. The van der Waals surface area contributed by atoms with E-state index in [4.69, 9.17) is 14.2 Å². The molecule has 15 heavy (non-hydrogen) atoms. The van der Waals surface area contributed by atoms with E-state index >= 15 is 0 Å². The van der Waals surface area contributed by atoms with Crippen molar-refractivity contribution in [2.45, 2.75) is 37.6 Å². The largest absolute Gasteiger partial charge is 0.390 e. The van der Waals surface area contributed by atoms with Gasteiger partial charge in [-0.1, -0.05) is 6.58 Å². The van der Waals surface area contributed by atoms with Gasteiger partial charge in [-0.2, -0.15) is 0 Å². The summed E-state index contributed by atoms with van der Waals surface area (Å²) < 4.78 is 16.7. The van der Waals surface area contributed by atoms with Crippen LogP contribution in [0.4, 0.5) is 0 Å². The van der Waals surface area contributed by atoms with Crippen LogP contribution in [0.5, 0.6) is 0 Å². The molecular weight excluding hydrogens is 196 g/mol. The predicted octanol–water partition coefficient (Wildman–Crippen LogP) is 0.657. The summed E-state index contributed by atoms with van der Waals surface area (Å²) in [5.41, 5.74) is 0.414. The zero-order chi connectivity index (χ0) is 10.8. The highest BCUT2D eigenvalue weighted by atomic mass is 16.8. The molecule has 0 amide bonds. The monoisotopic (exact) mass is 212 g/mol. The summed E-state index contributed by atoms with van der Waals surface area (Å²) >= 11 is 0. The van der Waals surface area contributed by atoms with Crippen molar-refractivity contribution in [2.75, 3.05) is 7.11 Å². The second-order valence-corrected chi connectivity index (χ2v) is 4.83. The van der Waals surface area contributed by atoms with Crippen LogP contribution in [0.1, 0.15) is 13.3 Å². The number of aliphatic hydroxyl groups excluding tert-OH is 1. The van der Waals surface area contributed by atoms with E-state index in [0.29, 0.717) is 6.42 Å². The highest BCUT2D eigenvalue weighted by Gasteiger charge is 2.65. The molecule has 3 saturated heterocycles. The maximum atomic E-state index is 10.0. The number of hydrogen-bond donors (Lipinski definition) is 1. The second kappa shape index (κ2) is 2.83. The van der Waals surface area contributed by atoms with Crippen molar-refractivity contribution in [3.63, 3.8) is 0 Å². The van der Waals surface area contributed by atoms with Gasteiger partial charge in [-0.05, 0) is 24.8 Å². The summed E-state index contributed by atoms with van der Waals surface area (Å²) in [6, 6.07) is 0. The van der Waals surface area contributed by atoms with Crippen LogP contribution in [0, 0.1) is 11.8 Å². The Balaban J connectivity index is 2.04. The minimum absolute atomic E-state index is 0.0648. The molecule has 4 aliphatic rings. The number of aliphatic hydroxyl groups is 1. The molecule has 1 N–H and O–H groups in total. The summed E-state index contributed by atoms with van der Waals surface area (Å²) in [7, 11) is 1.63. The fourth-order valence-electron chi connectivity index (χ4n) is 3.25. The van der Waals surface area contributed by atoms with E-state index in [9.17, 15) is 5.11 Å². The van der Waals surface area contributed by atoms with Crippen LogP contribution < -0.4 is 0 Å². The van der Waals surface area contributed by atoms with E-state index in [2.05, 4.69) is 6.58 Å². The van der Waals surface area contributed by atoms with Crippen LogP contribution in [-0.2, 0) is 14.2 Å². The molecule has 0 spiro atoms. The average molecular weight is 212 g/mol. The van der Waals surface area contributed by atoms with Crippen molar-refractivity contribution in [2.24, 2.45) is 11.8 Å². The highest BCUT2D eigenvalue weighted by molar-refractivity contribution is 5.23. The first-order valence-corrected chi connectivity index (χ1v) is 5.30. The zero-order valence-electron chi connectivity index (χ0n) is 8.97. The minimum atomic E-state index is -0.532. The van der Waals surface area contributed by atoms with E-state index < -0.39 is 18.0 Å². The molecule has 3 aliphatic heterocycles. The third-order valence-corrected chi connectivity index (χ3v) is 4.16. The fraction of sp³-hybridized carbons (Fsp3) is 0.818. The molecule has 3 heterocycles. The van der Waals surface area contributed by atoms with Gasteiger partial charge < -0.3 is 19.3 Å². The van der Waals surface area contributed by atoms with Crippen LogP contribution in [0.25, 0.3) is 0 Å². The third kappa shape index (κ3) is 1.00. The molecule has 1 saturated carbocycles. The van der Waals surface area contributed by atoms with Crippen LogP contribution in [0.3, 0.4) is 0 Å². The minimum Gasteiger partial charge on any atom is -0.390 e. The number of fused-ring (bicyclic) bond motifs is 1. The fourth-order valence-corrected chi connectivity index (χ4v) is 3.25. The Bertz CT molecular complexity index is 316. The van der Waals surface area contributed by atoms with Gasteiger partial charge in [0, 0.05) is 13.0 Å². The molecule has 4 nitrogen and oxygen atoms in total. The van der Waals surface area contributed by atoms with E-state index in [0.717, 1.165) is 5.57 Å². The van der Waals surface area contributed by atoms with Crippen LogP contribution in [0.2, 0.25) is 0 Å². The molecule has 6 atom stereocenters. The molecule has 0 aromatic rings. The van der Waals surface area contributed by atoms with E-state index in [-0.39, 0.29) is 18.1 Å². The van der Waals surface area contributed by atoms with Crippen molar-refractivity contribution in [1.29, 1.82) is 0 Å². The first-order valence-electron chi connectivity index (χ1n) is 5.30. The lowest BCUT2D eigenvalue weighted by Gasteiger charge is -2.52. The molecule has 4 heteroatoms. The zero-order valence-corrected chi connectivity index (χ0v) is 8.97. The topological polar surface area (TPSA) is 47.9 Å². The first kappa shape index (κ1) is 9.78. The number of ether oxygens (including phenoxy) is 3. The lowest BCUT2D eigenvalue weighted by Crippen LogP contribution is -2.61. The van der Waals surface area contributed by atoms with E-state index in [1.165, 1.54) is 0 Å². The molecule has 0 unspecified atom stereocenters. The maximum absolute atomic E-state index is 10.0. The SMILES string of the molecule is C=C1[C@H]2O[C@@H](OC)[C@H]3[C@@H]1C[C@H](O)[C@@]3(C)O2. The normalized spacial score (nSPS) is 57.5. The van der Waals surface area contributed by atoms with Crippen molar-refractivity contribution < 1.29 is 19.3 Å². The third-order valence-electron chi connectivity index (χ3n) is 4.16. The van der Waals surface area contributed by atoms with Gasteiger partial charge in [0.25, 0.3) is 0 Å². The predicted molar refractivity (Wildman–Crippen MR) is 51.9 cm³/mol. The Morgan fingerprint density at radius 1 is 1.60 bits per heavy atom. The average Bonchev–Trinajstić information content (AvgIpc) is 2.44. The molecule has 0 aromatic carbocycles. The molecule has 4 rings (SSSR count). The molecule has 1 aliphatic carbocycles. The van der Waals surface area contributed by atoms with Gasteiger partial charge in [-0.3, -0.25) is 0 Å². The van der Waals surface area contributed by atoms with Gasteiger partial charge in [0.2, 0.25) is 0 Å². The van der Waals surface area contributed by atoms with Gasteiger partial charge in [-0.25, -0.2) is 0 Å². The molecular formula is C11H16O4. The van der Waals surface area contributed by atoms with Crippen LogP contribution in [0.15, 0.2) is 12.2 Å². The Morgan fingerprint density at radius 2 is 2.33 bits per heavy atom. The van der Waals surface area contributed by atoms with Gasteiger partial charge in [0.1, 0.15) is 5.60 Å². The quantitative estimate of drug-likeness (QED) is 0.649. The van der Waals surface area contributed by atoms with Gasteiger partial charge >= 0.3 is 0 Å². The number of hydrogen-bond acceptors (Lipinski definition) is 4. The number of methoxy groups -OCH3 is 1. The maximum Gasteiger partial charge on any atom is 0.183 e. The van der Waals surface area contributed by atoms with Crippen molar-refractivity contribution in [3.8, 4) is 0 Å². The molecule has 0 aromatic heterocycles. The lowest BCUT2D eigenvalue weighted by atomic mass is 9.77. The van der Waals surface area contributed by atoms with Gasteiger partial charge in [0.15, 0.2) is 12.6 Å². The Labute approximate surface area is 88.8 Å². The van der Waals surface area contributed by atoms with Gasteiger partial charge in [0.05, 0.1) is 6.10 Å². The first-order chi connectivity index (χ1) is 7.08. The highest BCUT2D eigenvalue weighted by Crippen LogP contribution is 2.57. The molecule has 84 valence electrons. The lowest BCUT2D eigenvalue weighted by molar-refractivity contribution is -0.369. The summed E-state index contributed by atoms with van der Waals surface area (Å²) in [5.74, 6) is 0.331.